The zero-order valence-corrected chi connectivity index (χ0v) is 15.4. The van der Waals surface area contributed by atoms with Crippen LogP contribution >= 0.6 is 21.6 Å². The molecule has 0 heterocycles. The van der Waals surface area contributed by atoms with Gasteiger partial charge < -0.3 is 27.2 Å². The summed E-state index contributed by atoms with van der Waals surface area (Å²) in [5.74, 6) is -1.68. The fourth-order valence-corrected chi connectivity index (χ4v) is 2.61. The summed E-state index contributed by atoms with van der Waals surface area (Å²) in [5.41, 5.74) is 10.4. The van der Waals surface area contributed by atoms with Crippen molar-refractivity contribution in [1.29, 1.82) is 0 Å². The third-order valence-corrected chi connectivity index (χ3v) is 3.69. The SMILES string of the molecule is N[C@@H](CSSC[C@H](N)C(=O)O)C(=O)O.O.[Na].[Na]. The van der Waals surface area contributed by atoms with E-state index >= 15 is 0 Å². The van der Waals surface area contributed by atoms with E-state index in [4.69, 9.17) is 21.7 Å². The topological polar surface area (TPSA) is 158 Å². The quantitative estimate of drug-likeness (QED) is 0.230. The Balaban J connectivity index is -0.000000282. The van der Waals surface area contributed by atoms with Crippen molar-refractivity contribution < 1.29 is 25.3 Å². The molecule has 0 amide bonds. The van der Waals surface area contributed by atoms with Crippen LogP contribution in [0.4, 0.5) is 0 Å². The van der Waals surface area contributed by atoms with E-state index in [9.17, 15) is 9.59 Å². The molecule has 0 aliphatic heterocycles. The molecule has 92 valence electrons. The van der Waals surface area contributed by atoms with Gasteiger partial charge in [-0.05, 0) is 0 Å². The zero-order valence-electron chi connectivity index (χ0n) is 9.75. The molecule has 0 rings (SSSR count). The van der Waals surface area contributed by atoms with Crippen molar-refractivity contribution in [3.05, 3.63) is 0 Å². The first-order chi connectivity index (χ1) is 6.45. The Labute approximate surface area is 151 Å². The number of carboxylic acids is 2. The maximum Gasteiger partial charge on any atom is 0.321 e. The van der Waals surface area contributed by atoms with E-state index in [-0.39, 0.29) is 76.1 Å². The van der Waals surface area contributed by atoms with Gasteiger partial charge in [0.2, 0.25) is 0 Å². The molecule has 0 spiro atoms. The van der Waals surface area contributed by atoms with Crippen LogP contribution in [0, 0.1) is 0 Å². The van der Waals surface area contributed by atoms with Crippen LogP contribution in [0.25, 0.3) is 0 Å². The van der Waals surface area contributed by atoms with Crippen LogP contribution in [0.15, 0.2) is 0 Å². The first kappa shape index (κ1) is 27.0. The maximum atomic E-state index is 10.3. The van der Waals surface area contributed by atoms with Crippen molar-refractivity contribution in [2.45, 2.75) is 12.1 Å². The molecule has 0 aromatic carbocycles. The number of hydrogen-bond acceptors (Lipinski definition) is 6. The van der Waals surface area contributed by atoms with Crippen molar-refractivity contribution in [3.63, 3.8) is 0 Å². The van der Waals surface area contributed by atoms with Gasteiger partial charge in [0.05, 0.1) is 0 Å². The average Bonchev–Trinajstić information content (AvgIpc) is 2.11. The summed E-state index contributed by atoms with van der Waals surface area (Å²) in [4.78, 5) is 20.5. The Morgan fingerprint density at radius 3 is 1.35 bits per heavy atom. The Morgan fingerprint density at radius 2 is 1.18 bits per heavy atom. The van der Waals surface area contributed by atoms with Gasteiger partial charge in [-0.25, -0.2) is 0 Å². The second-order valence-corrected chi connectivity index (χ2v) is 5.01. The molecule has 0 bridgehead atoms. The molecule has 8 N–H and O–H groups in total. The van der Waals surface area contributed by atoms with Gasteiger partial charge >= 0.3 is 11.9 Å². The molecule has 2 radical (unpaired) electrons. The molecule has 0 aliphatic carbocycles. The summed E-state index contributed by atoms with van der Waals surface area (Å²) in [6.07, 6.45) is 0. The van der Waals surface area contributed by atoms with Crippen molar-refractivity contribution in [1.82, 2.24) is 0 Å². The monoisotopic (exact) mass is 304 g/mol. The third kappa shape index (κ3) is 15.5. The van der Waals surface area contributed by atoms with Gasteiger partial charge in [0.25, 0.3) is 0 Å². The van der Waals surface area contributed by atoms with Crippen LogP contribution in [0.2, 0.25) is 0 Å². The Bertz CT molecular complexity index is 203. The molecule has 7 nitrogen and oxygen atoms in total. The van der Waals surface area contributed by atoms with Crippen LogP contribution < -0.4 is 11.5 Å². The molecule has 0 aromatic rings. The van der Waals surface area contributed by atoms with E-state index in [2.05, 4.69) is 0 Å². The largest absolute Gasteiger partial charge is 0.480 e. The summed E-state index contributed by atoms with van der Waals surface area (Å²) < 4.78 is 0. The summed E-state index contributed by atoms with van der Waals surface area (Å²) in [6, 6.07) is -1.85. The molecule has 0 unspecified atom stereocenters. The van der Waals surface area contributed by atoms with Crippen LogP contribution in [-0.4, -0.2) is 110 Å². The van der Waals surface area contributed by atoms with Gasteiger partial charge in [0, 0.05) is 70.6 Å². The van der Waals surface area contributed by atoms with E-state index in [1.54, 1.807) is 0 Å². The zero-order chi connectivity index (χ0) is 11.1. The van der Waals surface area contributed by atoms with Crippen LogP contribution in [-0.2, 0) is 9.59 Å². The fourth-order valence-electron chi connectivity index (χ4n) is 0.385. The second kappa shape index (κ2) is 15.6. The standard InChI is InChI=1S/C6H12N2O4S2.2Na.H2O/c7-3(5(9)10)1-13-14-2-4(8)6(11)12;;;/h3-4H,1-2,7-8H2,(H,9,10)(H,11,12);;;1H2/t3-,4-;;;/m0.../s1. The fraction of sp³-hybridized carbons (Fsp3) is 0.667. The van der Waals surface area contributed by atoms with E-state index in [1.165, 1.54) is 21.6 Å². The summed E-state index contributed by atoms with van der Waals surface area (Å²) in [7, 11) is 2.41. The minimum atomic E-state index is -1.07. The van der Waals surface area contributed by atoms with Crippen molar-refractivity contribution in [3.8, 4) is 0 Å². The number of carboxylic acid groups (broad SMARTS) is 2. The molecule has 0 saturated heterocycles. The molecule has 2 atom stereocenters. The molecule has 0 fully saturated rings. The van der Waals surface area contributed by atoms with Crippen LogP contribution in [0.3, 0.4) is 0 Å². The number of carbonyl (C=O) groups is 2. The minimum Gasteiger partial charge on any atom is -0.480 e. The van der Waals surface area contributed by atoms with E-state index in [0.29, 0.717) is 0 Å². The first-order valence-electron chi connectivity index (χ1n) is 3.66. The summed E-state index contributed by atoms with van der Waals surface area (Å²) in [6.45, 7) is 0. The van der Waals surface area contributed by atoms with Crippen LogP contribution in [0.5, 0.6) is 0 Å². The van der Waals surface area contributed by atoms with Crippen molar-refractivity contribution in [2.24, 2.45) is 11.5 Å². The summed E-state index contributed by atoms with van der Waals surface area (Å²) in [5, 5.41) is 16.8. The van der Waals surface area contributed by atoms with Crippen molar-refractivity contribution >= 4 is 92.6 Å². The number of hydrogen-bond donors (Lipinski definition) is 4. The third-order valence-electron chi connectivity index (χ3n) is 1.21. The Hall–Kier alpha value is 1.52. The Kier molecular flexibility index (Phi) is 24.7. The van der Waals surface area contributed by atoms with Gasteiger partial charge in [0.15, 0.2) is 0 Å². The first-order valence-corrected chi connectivity index (χ1v) is 6.15. The molecule has 17 heavy (non-hydrogen) atoms. The average molecular weight is 304 g/mol. The molecular weight excluding hydrogens is 290 g/mol. The molecule has 0 aliphatic rings. The van der Waals surface area contributed by atoms with E-state index < -0.39 is 24.0 Å². The number of nitrogens with two attached hydrogens (primary N) is 2. The van der Waals surface area contributed by atoms with E-state index in [0.717, 1.165) is 0 Å². The molecule has 0 saturated carbocycles. The van der Waals surface area contributed by atoms with Gasteiger partial charge in [-0.3, -0.25) is 9.59 Å². The number of rotatable bonds is 7. The van der Waals surface area contributed by atoms with Gasteiger partial charge in [-0.1, -0.05) is 21.6 Å². The smallest absolute Gasteiger partial charge is 0.321 e. The minimum absolute atomic E-state index is 0. The van der Waals surface area contributed by atoms with Gasteiger partial charge in [-0.2, -0.15) is 0 Å². The normalized spacial score (nSPS) is 12.1. The van der Waals surface area contributed by atoms with E-state index in [1.807, 2.05) is 0 Å². The predicted molar refractivity (Wildman–Crippen MR) is 71.3 cm³/mol. The Morgan fingerprint density at radius 1 is 0.941 bits per heavy atom. The molecule has 11 heteroatoms. The number of aliphatic carboxylic acids is 2. The van der Waals surface area contributed by atoms with Gasteiger partial charge in [-0.15, -0.1) is 0 Å². The molecular formula is C6H14N2Na2O5S2. The van der Waals surface area contributed by atoms with Crippen LogP contribution in [0.1, 0.15) is 0 Å². The van der Waals surface area contributed by atoms with Crippen molar-refractivity contribution in [2.75, 3.05) is 11.5 Å². The maximum absolute atomic E-state index is 10.3. The molecule has 0 aromatic heterocycles. The second-order valence-electron chi connectivity index (χ2n) is 2.46. The van der Waals surface area contributed by atoms with Gasteiger partial charge in [0.1, 0.15) is 12.1 Å². The predicted octanol–water partition coefficient (Wildman–Crippen LogP) is -2.39. The summed E-state index contributed by atoms with van der Waals surface area (Å²) >= 11 is 0.